The van der Waals surface area contributed by atoms with E-state index in [4.69, 9.17) is 9.47 Å². The van der Waals surface area contributed by atoms with Crippen molar-refractivity contribution in [3.8, 4) is 11.5 Å². The van der Waals surface area contributed by atoms with Crippen LogP contribution >= 0.6 is 0 Å². The number of imide groups is 1. The van der Waals surface area contributed by atoms with Gasteiger partial charge in [-0.3, -0.25) is 18.8 Å². The molecule has 10 nitrogen and oxygen atoms in total. The Morgan fingerprint density at radius 1 is 1.09 bits per heavy atom. The summed E-state index contributed by atoms with van der Waals surface area (Å²) in [7, 11) is -3.40. The molecule has 2 aromatic rings. The van der Waals surface area contributed by atoms with Crippen LogP contribution in [0.1, 0.15) is 28.4 Å². The number of rotatable bonds is 5. The quantitative estimate of drug-likeness (QED) is 0.502. The summed E-state index contributed by atoms with van der Waals surface area (Å²) in [5.41, 5.74) is 0.738. The number of hydrogen-bond donors (Lipinski definition) is 1. The van der Waals surface area contributed by atoms with Crippen LogP contribution in [0.3, 0.4) is 0 Å². The van der Waals surface area contributed by atoms with Crippen molar-refractivity contribution < 1.29 is 32.3 Å². The first kappa shape index (κ1) is 22.2. The van der Waals surface area contributed by atoms with Crippen molar-refractivity contribution in [2.45, 2.75) is 18.9 Å². The summed E-state index contributed by atoms with van der Waals surface area (Å²) < 4.78 is 36.3. The molecular weight excluding hydrogens is 462 g/mol. The first-order chi connectivity index (χ1) is 16.1. The average molecular weight is 486 g/mol. The monoisotopic (exact) mass is 485 g/mol. The lowest BCUT2D eigenvalue weighted by Gasteiger charge is -2.25. The molecule has 1 atom stereocenters. The minimum absolute atomic E-state index is 0.308. The van der Waals surface area contributed by atoms with Crippen molar-refractivity contribution >= 4 is 33.4 Å². The summed E-state index contributed by atoms with van der Waals surface area (Å²) in [6.45, 7) is 2.28. The third-order valence-electron chi connectivity index (χ3n) is 6.35. The highest BCUT2D eigenvalue weighted by Crippen LogP contribution is 2.37. The predicted molar refractivity (Wildman–Crippen MR) is 122 cm³/mol. The zero-order valence-electron chi connectivity index (χ0n) is 18.7. The second-order valence-electron chi connectivity index (χ2n) is 8.66. The van der Waals surface area contributed by atoms with Crippen LogP contribution in [0.2, 0.25) is 0 Å². The molecule has 3 heterocycles. The number of urea groups is 1. The fraction of sp³-hybridized carbons (Fsp3) is 0.348. The second kappa shape index (κ2) is 7.73. The van der Waals surface area contributed by atoms with Gasteiger partial charge in [0.2, 0.25) is 10.0 Å². The first-order valence-corrected chi connectivity index (χ1v) is 12.6. The number of carbonyl (C=O) groups excluding carboxylic acids is 3. The van der Waals surface area contributed by atoms with E-state index in [1.54, 1.807) is 37.3 Å². The number of ketones is 1. The maximum atomic E-state index is 13.3. The number of nitrogens with zero attached hydrogens (tertiary/aromatic N) is 2. The molecule has 0 spiro atoms. The van der Waals surface area contributed by atoms with Gasteiger partial charge in [-0.1, -0.05) is 6.07 Å². The van der Waals surface area contributed by atoms with Gasteiger partial charge in [-0.2, -0.15) is 0 Å². The Morgan fingerprint density at radius 2 is 1.82 bits per heavy atom. The van der Waals surface area contributed by atoms with Gasteiger partial charge in [0.15, 0.2) is 17.3 Å². The molecule has 5 rings (SSSR count). The maximum Gasteiger partial charge on any atom is 0.325 e. The fourth-order valence-corrected chi connectivity index (χ4v) is 5.47. The summed E-state index contributed by atoms with van der Waals surface area (Å²) in [4.78, 5) is 39.8. The Balaban J connectivity index is 1.36. The SMILES string of the molecule is C[C@@]1(c2ccc3c(c2)OCCO3)NC(=O)N(CC(=O)c2ccc3c(c2)CCN3S(C)(=O)=O)C1=O. The molecule has 3 aliphatic heterocycles. The zero-order valence-corrected chi connectivity index (χ0v) is 19.5. The molecule has 0 aliphatic carbocycles. The van der Waals surface area contributed by atoms with E-state index in [0.717, 1.165) is 16.7 Å². The predicted octanol–water partition coefficient (Wildman–Crippen LogP) is 1.43. The van der Waals surface area contributed by atoms with E-state index in [1.807, 2.05) is 0 Å². The Hall–Kier alpha value is -3.60. The van der Waals surface area contributed by atoms with Gasteiger partial charge in [-0.05, 0) is 54.8 Å². The molecule has 3 aliphatic rings. The molecule has 0 radical (unpaired) electrons. The molecular formula is C23H23N3O7S. The molecule has 1 N–H and O–H groups in total. The van der Waals surface area contributed by atoms with Crippen molar-refractivity contribution in [1.82, 2.24) is 10.2 Å². The highest BCUT2D eigenvalue weighted by molar-refractivity contribution is 7.92. The number of sulfonamides is 1. The van der Waals surface area contributed by atoms with E-state index in [-0.39, 0.29) is 0 Å². The van der Waals surface area contributed by atoms with E-state index >= 15 is 0 Å². The molecule has 0 saturated carbocycles. The summed E-state index contributed by atoms with van der Waals surface area (Å²) >= 11 is 0. The largest absolute Gasteiger partial charge is 0.486 e. The van der Waals surface area contributed by atoms with E-state index < -0.39 is 39.8 Å². The summed E-state index contributed by atoms with van der Waals surface area (Å²) in [5.74, 6) is 0.0822. The minimum atomic E-state index is -3.40. The number of benzene rings is 2. The highest BCUT2D eigenvalue weighted by Gasteiger charge is 2.50. The van der Waals surface area contributed by atoms with Gasteiger partial charge in [0.05, 0.1) is 18.5 Å². The van der Waals surface area contributed by atoms with Crippen molar-refractivity contribution in [1.29, 1.82) is 0 Å². The van der Waals surface area contributed by atoms with E-state index in [0.29, 0.717) is 54.5 Å². The minimum Gasteiger partial charge on any atom is -0.486 e. The third kappa shape index (κ3) is 3.56. The molecule has 0 aromatic heterocycles. The van der Waals surface area contributed by atoms with E-state index in [9.17, 15) is 22.8 Å². The number of amides is 3. The second-order valence-corrected chi connectivity index (χ2v) is 10.6. The smallest absolute Gasteiger partial charge is 0.325 e. The molecule has 34 heavy (non-hydrogen) atoms. The molecule has 1 saturated heterocycles. The van der Waals surface area contributed by atoms with Crippen molar-refractivity contribution in [2.75, 3.05) is 36.9 Å². The van der Waals surface area contributed by atoms with Crippen molar-refractivity contribution in [3.63, 3.8) is 0 Å². The standard InChI is InChI=1S/C23H23N3O7S/c1-23(16-4-6-19-20(12-16)33-10-9-32-19)21(28)25(22(29)24-23)13-18(27)15-3-5-17-14(11-15)7-8-26(17)34(2,30)31/h3-6,11-12H,7-10,13H2,1-2H3,(H,24,29)/t23-/m0/s1. The molecule has 3 amide bonds. The number of hydrogen-bond acceptors (Lipinski definition) is 7. The van der Waals surface area contributed by atoms with Gasteiger partial charge in [-0.25, -0.2) is 13.2 Å². The summed E-state index contributed by atoms with van der Waals surface area (Å²) in [5, 5.41) is 2.69. The molecule has 0 bridgehead atoms. The van der Waals surface area contributed by atoms with Gasteiger partial charge in [0.1, 0.15) is 18.8 Å². The molecule has 2 aromatic carbocycles. The number of Topliss-reactive ketones (excluding diaryl/α,β-unsaturated/α-hetero) is 1. The Labute approximate surface area is 196 Å². The van der Waals surface area contributed by atoms with E-state index in [2.05, 4.69) is 5.32 Å². The average Bonchev–Trinajstić information content (AvgIpc) is 3.33. The number of carbonyl (C=O) groups is 3. The van der Waals surface area contributed by atoms with Crippen molar-refractivity contribution in [2.24, 2.45) is 0 Å². The number of ether oxygens (including phenoxy) is 2. The number of anilines is 1. The lowest BCUT2D eigenvalue weighted by atomic mass is 9.91. The highest BCUT2D eigenvalue weighted by atomic mass is 32.2. The van der Waals surface area contributed by atoms with Crippen LogP contribution in [0.15, 0.2) is 36.4 Å². The van der Waals surface area contributed by atoms with Gasteiger partial charge >= 0.3 is 6.03 Å². The molecule has 1 fully saturated rings. The number of fused-ring (bicyclic) bond motifs is 2. The topological polar surface area (TPSA) is 122 Å². The molecule has 11 heteroatoms. The Morgan fingerprint density at radius 3 is 2.56 bits per heavy atom. The van der Waals surface area contributed by atoms with Crippen molar-refractivity contribution in [3.05, 3.63) is 53.1 Å². The Kier molecular flexibility index (Phi) is 5.05. The van der Waals surface area contributed by atoms with Crippen LogP contribution in [0, 0.1) is 0 Å². The number of nitrogens with one attached hydrogen (secondary N) is 1. The zero-order chi connectivity index (χ0) is 24.3. The van der Waals surface area contributed by atoms with Gasteiger partial charge in [-0.15, -0.1) is 0 Å². The van der Waals surface area contributed by atoms with Gasteiger partial charge < -0.3 is 14.8 Å². The normalized spacial score (nSPS) is 21.5. The summed E-state index contributed by atoms with van der Waals surface area (Å²) in [6.07, 6.45) is 1.62. The fourth-order valence-electron chi connectivity index (χ4n) is 4.51. The van der Waals surface area contributed by atoms with Crippen LogP contribution in [0.5, 0.6) is 11.5 Å². The van der Waals surface area contributed by atoms with Crippen LogP contribution in [0.25, 0.3) is 0 Å². The Bertz CT molecular complexity index is 1340. The lowest BCUT2D eigenvalue weighted by molar-refractivity contribution is -0.130. The van der Waals surface area contributed by atoms with Crippen LogP contribution in [-0.4, -0.2) is 63.6 Å². The van der Waals surface area contributed by atoms with E-state index in [1.165, 1.54) is 10.4 Å². The lowest BCUT2D eigenvalue weighted by Crippen LogP contribution is -2.41. The third-order valence-corrected chi connectivity index (χ3v) is 7.53. The van der Waals surface area contributed by atoms with Crippen LogP contribution < -0.4 is 19.1 Å². The first-order valence-electron chi connectivity index (χ1n) is 10.8. The maximum absolute atomic E-state index is 13.3. The summed E-state index contributed by atoms with van der Waals surface area (Å²) in [6, 6.07) is 9.09. The van der Waals surface area contributed by atoms with Gasteiger partial charge in [0.25, 0.3) is 5.91 Å². The van der Waals surface area contributed by atoms with Crippen LogP contribution in [-0.2, 0) is 26.8 Å². The van der Waals surface area contributed by atoms with Crippen LogP contribution in [0.4, 0.5) is 10.5 Å². The molecule has 178 valence electrons. The van der Waals surface area contributed by atoms with Gasteiger partial charge in [0, 0.05) is 12.1 Å². The molecule has 0 unspecified atom stereocenters.